The molecule has 190 valence electrons. The van der Waals surface area contributed by atoms with Crippen molar-refractivity contribution in [3.63, 3.8) is 0 Å². The van der Waals surface area contributed by atoms with E-state index < -0.39 is 28.7 Å². The van der Waals surface area contributed by atoms with Crippen LogP contribution in [-0.4, -0.2) is 44.7 Å². The van der Waals surface area contributed by atoms with E-state index in [1.807, 2.05) is 32.0 Å². The lowest BCUT2D eigenvalue weighted by atomic mass is 9.94. The van der Waals surface area contributed by atoms with E-state index in [-0.39, 0.29) is 30.7 Å². The molecule has 1 fully saturated rings. The molecule has 0 aliphatic heterocycles. The van der Waals surface area contributed by atoms with Gasteiger partial charge in [-0.05, 0) is 42.5 Å². The second kappa shape index (κ2) is 12.3. The summed E-state index contributed by atoms with van der Waals surface area (Å²) in [5.41, 5.74) is 7.58. The highest BCUT2D eigenvalue weighted by Gasteiger charge is 2.44. The number of nitrogens with one attached hydrogen (secondary N) is 2. The molecule has 2 atom stereocenters. The van der Waals surface area contributed by atoms with E-state index in [0.717, 1.165) is 18.4 Å². The highest BCUT2D eigenvalue weighted by molar-refractivity contribution is 7.81. The summed E-state index contributed by atoms with van der Waals surface area (Å²) in [6, 6.07) is 9.76. The highest BCUT2D eigenvalue weighted by atomic mass is 35.5. The molecule has 1 aromatic carbocycles. The first kappa shape index (κ1) is 28.5. The lowest BCUT2D eigenvalue weighted by Crippen LogP contribution is -2.61. The van der Waals surface area contributed by atoms with E-state index in [4.69, 9.17) is 5.73 Å². The number of rotatable bonds is 9. The van der Waals surface area contributed by atoms with Gasteiger partial charge < -0.3 is 21.5 Å². The van der Waals surface area contributed by atoms with Crippen molar-refractivity contribution in [1.29, 1.82) is 0 Å². The van der Waals surface area contributed by atoms with E-state index >= 15 is 0 Å². The molecule has 10 heteroatoms. The first-order valence-electron chi connectivity index (χ1n) is 11.5. The summed E-state index contributed by atoms with van der Waals surface area (Å²) in [7, 11) is 0. The van der Waals surface area contributed by atoms with E-state index in [9.17, 15) is 19.5 Å². The molecule has 1 aromatic heterocycles. The van der Waals surface area contributed by atoms with Gasteiger partial charge in [-0.2, -0.15) is 12.6 Å². The van der Waals surface area contributed by atoms with Gasteiger partial charge in [0.05, 0.1) is 10.9 Å². The smallest absolute Gasteiger partial charge is 0.326 e. The van der Waals surface area contributed by atoms with Crippen LogP contribution in [0.1, 0.15) is 45.1 Å². The molecule has 35 heavy (non-hydrogen) atoms. The third kappa shape index (κ3) is 7.11. The number of hydrogen-bond donors (Lipinski definition) is 5. The quantitative estimate of drug-likeness (QED) is 0.254. The van der Waals surface area contributed by atoms with E-state index in [1.54, 1.807) is 24.4 Å². The second-order valence-electron chi connectivity index (χ2n) is 9.21. The number of halogens is 1. The molecule has 8 nitrogen and oxygen atoms in total. The van der Waals surface area contributed by atoms with E-state index in [2.05, 4.69) is 28.2 Å². The number of hydrogen-bond acceptors (Lipinski definition) is 6. The van der Waals surface area contributed by atoms with Crippen LogP contribution in [0.15, 0.2) is 42.6 Å². The third-order valence-electron chi connectivity index (χ3n) is 6.20. The van der Waals surface area contributed by atoms with Gasteiger partial charge in [0.1, 0.15) is 11.6 Å². The number of carboxylic acid groups (broad SMARTS) is 1. The Hall–Kier alpha value is -2.78. The number of amides is 2. The Kier molecular flexibility index (Phi) is 9.97. The fraction of sp³-hybridized carbons (Fsp3) is 0.440. The number of anilines is 1. The molecular formula is C25H33ClN4O4S. The fourth-order valence-corrected chi connectivity index (χ4v) is 4.21. The van der Waals surface area contributed by atoms with Gasteiger partial charge in [0.2, 0.25) is 11.8 Å². The number of nitrogen functional groups attached to an aromatic ring is 1. The van der Waals surface area contributed by atoms with Crippen LogP contribution in [0, 0.1) is 5.92 Å². The van der Waals surface area contributed by atoms with Crippen LogP contribution >= 0.6 is 25.0 Å². The zero-order valence-electron chi connectivity index (χ0n) is 19.9. The van der Waals surface area contributed by atoms with Crippen LogP contribution in [0.2, 0.25) is 0 Å². The Morgan fingerprint density at radius 3 is 2.40 bits per heavy atom. The number of carboxylic acids is 1. The maximum absolute atomic E-state index is 13.2. The monoisotopic (exact) mass is 520 g/mol. The molecule has 3 rings (SSSR count). The number of benzene rings is 1. The molecular weight excluding hydrogens is 488 g/mol. The largest absolute Gasteiger partial charge is 0.480 e. The van der Waals surface area contributed by atoms with Crippen LogP contribution in [0.3, 0.4) is 0 Å². The maximum atomic E-state index is 13.2. The Labute approximate surface area is 217 Å². The maximum Gasteiger partial charge on any atom is 0.326 e. The molecule has 5 N–H and O–H groups in total. The van der Waals surface area contributed by atoms with Gasteiger partial charge >= 0.3 is 5.97 Å². The predicted molar refractivity (Wildman–Crippen MR) is 142 cm³/mol. The summed E-state index contributed by atoms with van der Waals surface area (Å²) in [5.74, 6) is -1.94. The van der Waals surface area contributed by atoms with Crippen LogP contribution < -0.4 is 16.4 Å². The van der Waals surface area contributed by atoms with E-state index in [0.29, 0.717) is 29.8 Å². The van der Waals surface area contributed by atoms with Gasteiger partial charge in [-0.25, -0.2) is 4.79 Å². The third-order valence-corrected chi connectivity index (χ3v) is 7.04. The van der Waals surface area contributed by atoms with Gasteiger partial charge in [0.15, 0.2) is 0 Å². The Bertz CT molecular complexity index is 1040. The van der Waals surface area contributed by atoms with Crippen LogP contribution in [-0.2, 0) is 20.8 Å². The van der Waals surface area contributed by atoms with Crippen LogP contribution in [0.5, 0.6) is 0 Å². The van der Waals surface area contributed by atoms with Crippen molar-refractivity contribution in [1.82, 2.24) is 15.6 Å². The van der Waals surface area contributed by atoms with Gasteiger partial charge in [0, 0.05) is 23.9 Å². The summed E-state index contributed by atoms with van der Waals surface area (Å²) in [5, 5.41) is 14.7. The number of pyridine rings is 1. The summed E-state index contributed by atoms with van der Waals surface area (Å²) in [4.78, 5) is 42.2. The van der Waals surface area contributed by atoms with Gasteiger partial charge in [-0.15, -0.1) is 12.4 Å². The first-order valence-corrected chi connectivity index (χ1v) is 12.0. The normalized spacial score (nSPS) is 16.1. The minimum Gasteiger partial charge on any atom is -0.480 e. The SMILES string of the molecule is CC(C)[C@H](S)C(=O)NC1(C(=O)N[C@@H](Cc2ccc(-c3cccc(N)c3)nc2)C(=O)O)CCCC1.Cl. The zero-order chi connectivity index (χ0) is 24.9. The van der Waals surface area contributed by atoms with Crippen molar-refractivity contribution in [2.75, 3.05) is 5.73 Å². The Morgan fingerprint density at radius 2 is 1.86 bits per heavy atom. The van der Waals surface area contributed by atoms with Gasteiger partial charge in [-0.3, -0.25) is 14.6 Å². The standard InChI is InChI=1S/C25H32N4O4S.ClH/c1-15(2)21(34)22(30)29-25(10-3-4-11-25)24(33)28-20(23(31)32)12-16-8-9-19(27-14-16)17-6-5-7-18(26)13-17;/h5-9,13-15,20-21,34H,3-4,10-12,26H2,1-2H3,(H,28,33)(H,29,30)(H,31,32);1H/t20-,21-;/m0./s1. The van der Waals surface area contributed by atoms with Crippen molar-refractivity contribution in [3.8, 4) is 11.3 Å². The Balaban J connectivity index is 0.00000432. The number of carbonyl (C=O) groups is 3. The molecule has 2 amide bonds. The average molecular weight is 521 g/mol. The molecule has 0 saturated heterocycles. The predicted octanol–water partition coefficient (Wildman–Crippen LogP) is 3.25. The van der Waals surface area contributed by atoms with Crippen LogP contribution in [0.4, 0.5) is 5.69 Å². The fourth-order valence-electron chi connectivity index (χ4n) is 4.15. The molecule has 1 aliphatic carbocycles. The van der Waals surface area contributed by atoms with Gasteiger partial charge in [0.25, 0.3) is 0 Å². The molecule has 2 aromatic rings. The number of nitrogens with zero attached hydrogens (tertiary/aromatic N) is 1. The topological polar surface area (TPSA) is 134 Å². The average Bonchev–Trinajstić information content (AvgIpc) is 3.28. The minimum absolute atomic E-state index is 0. The molecule has 0 bridgehead atoms. The lowest BCUT2D eigenvalue weighted by molar-refractivity contribution is -0.143. The summed E-state index contributed by atoms with van der Waals surface area (Å²) in [6.07, 6.45) is 4.15. The summed E-state index contributed by atoms with van der Waals surface area (Å²) >= 11 is 4.36. The number of thiol groups is 1. The highest BCUT2D eigenvalue weighted by Crippen LogP contribution is 2.31. The molecule has 0 spiro atoms. The van der Waals surface area contributed by atoms with Crippen molar-refractivity contribution < 1.29 is 19.5 Å². The second-order valence-corrected chi connectivity index (χ2v) is 9.77. The molecule has 1 aliphatic rings. The number of aromatic nitrogens is 1. The minimum atomic E-state index is -1.15. The van der Waals surface area contributed by atoms with Crippen molar-refractivity contribution >= 4 is 48.5 Å². The summed E-state index contributed by atoms with van der Waals surface area (Å²) in [6.45, 7) is 3.76. The number of nitrogens with two attached hydrogens (primary N) is 1. The molecule has 0 unspecified atom stereocenters. The van der Waals surface area contributed by atoms with Crippen molar-refractivity contribution in [2.24, 2.45) is 5.92 Å². The zero-order valence-corrected chi connectivity index (χ0v) is 21.6. The first-order chi connectivity index (χ1) is 16.1. The molecule has 1 heterocycles. The summed E-state index contributed by atoms with van der Waals surface area (Å²) < 4.78 is 0. The van der Waals surface area contributed by atoms with Crippen molar-refractivity contribution in [2.45, 2.75) is 62.8 Å². The van der Waals surface area contributed by atoms with Gasteiger partial charge in [-0.1, -0.05) is 44.9 Å². The Morgan fingerprint density at radius 1 is 1.17 bits per heavy atom. The number of aliphatic carboxylic acids is 1. The lowest BCUT2D eigenvalue weighted by Gasteiger charge is -2.32. The molecule has 0 radical (unpaired) electrons. The van der Waals surface area contributed by atoms with Crippen molar-refractivity contribution in [3.05, 3.63) is 48.2 Å². The van der Waals surface area contributed by atoms with Crippen LogP contribution in [0.25, 0.3) is 11.3 Å². The molecule has 1 saturated carbocycles. The van der Waals surface area contributed by atoms with E-state index in [1.165, 1.54) is 0 Å². The number of carbonyl (C=O) groups excluding carboxylic acids is 2.